The normalized spacial score (nSPS) is 17.3. The van der Waals surface area contributed by atoms with E-state index < -0.39 is 10.0 Å². The molecule has 158 valence electrons. The van der Waals surface area contributed by atoms with Gasteiger partial charge in [0.1, 0.15) is 5.75 Å². The van der Waals surface area contributed by atoms with Crippen LogP contribution in [0.3, 0.4) is 0 Å². The third kappa shape index (κ3) is 4.67. The fourth-order valence-electron chi connectivity index (χ4n) is 3.64. The van der Waals surface area contributed by atoms with E-state index in [2.05, 4.69) is 0 Å². The summed E-state index contributed by atoms with van der Waals surface area (Å²) in [5.41, 5.74) is 0.977. The maximum Gasteiger partial charge on any atom is 0.243 e. The SMILES string of the molecule is CCOc1ccc(C2CCCN2S(=O)(=O)c2ccc(OCC)c(OCC)c2)cc1. The quantitative estimate of drug-likeness (QED) is 0.602. The van der Waals surface area contributed by atoms with Gasteiger partial charge in [-0.05, 0) is 63.4 Å². The van der Waals surface area contributed by atoms with Crippen molar-refractivity contribution in [2.24, 2.45) is 0 Å². The first kappa shape index (κ1) is 21.5. The highest BCUT2D eigenvalue weighted by Crippen LogP contribution is 2.39. The Morgan fingerprint density at radius 1 is 0.897 bits per heavy atom. The molecular formula is C22H29NO5S. The predicted molar refractivity (Wildman–Crippen MR) is 112 cm³/mol. The minimum Gasteiger partial charge on any atom is -0.494 e. The van der Waals surface area contributed by atoms with Gasteiger partial charge in [-0.2, -0.15) is 4.31 Å². The van der Waals surface area contributed by atoms with E-state index in [9.17, 15) is 8.42 Å². The van der Waals surface area contributed by atoms with Gasteiger partial charge >= 0.3 is 0 Å². The fraction of sp³-hybridized carbons (Fsp3) is 0.455. The Kier molecular flexibility index (Phi) is 7.03. The lowest BCUT2D eigenvalue weighted by molar-refractivity contribution is 0.287. The second-order valence-electron chi connectivity index (χ2n) is 6.75. The molecule has 1 heterocycles. The molecule has 0 bridgehead atoms. The molecule has 1 aliphatic heterocycles. The van der Waals surface area contributed by atoms with E-state index in [-0.39, 0.29) is 10.9 Å². The van der Waals surface area contributed by atoms with Gasteiger partial charge in [-0.25, -0.2) is 8.42 Å². The predicted octanol–water partition coefficient (Wildman–Crippen LogP) is 4.41. The Balaban J connectivity index is 1.90. The van der Waals surface area contributed by atoms with Crippen LogP contribution in [0.5, 0.6) is 17.2 Å². The molecule has 3 rings (SSSR count). The average Bonchev–Trinajstić information content (AvgIpc) is 3.21. The number of ether oxygens (including phenoxy) is 3. The largest absolute Gasteiger partial charge is 0.494 e. The molecule has 0 saturated carbocycles. The monoisotopic (exact) mass is 419 g/mol. The van der Waals surface area contributed by atoms with Gasteiger partial charge in [0.15, 0.2) is 11.5 Å². The van der Waals surface area contributed by atoms with Crippen LogP contribution in [0, 0.1) is 0 Å². The number of rotatable bonds is 9. The Labute approximate surface area is 173 Å². The van der Waals surface area contributed by atoms with Gasteiger partial charge in [0.25, 0.3) is 0 Å². The van der Waals surface area contributed by atoms with Crippen molar-refractivity contribution in [2.45, 2.75) is 44.6 Å². The zero-order valence-corrected chi connectivity index (χ0v) is 18.1. The molecule has 0 radical (unpaired) electrons. The maximum absolute atomic E-state index is 13.4. The number of sulfonamides is 1. The van der Waals surface area contributed by atoms with Crippen LogP contribution >= 0.6 is 0 Å². The summed E-state index contributed by atoms with van der Waals surface area (Å²) < 4.78 is 45.1. The third-order valence-corrected chi connectivity index (χ3v) is 6.81. The molecule has 1 unspecified atom stereocenters. The lowest BCUT2D eigenvalue weighted by Crippen LogP contribution is -2.30. The van der Waals surface area contributed by atoms with Gasteiger partial charge < -0.3 is 14.2 Å². The first-order valence-electron chi connectivity index (χ1n) is 10.2. The van der Waals surface area contributed by atoms with Crippen molar-refractivity contribution in [3.8, 4) is 17.2 Å². The van der Waals surface area contributed by atoms with E-state index >= 15 is 0 Å². The highest BCUT2D eigenvalue weighted by molar-refractivity contribution is 7.89. The van der Waals surface area contributed by atoms with Crippen LogP contribution in [-0.4, -0.2) is 39.1 Å². The Bertz CT molecular complexity index is 911. The van der Waals surface area contributed by atoms with Gasteiger partial charge in [-0.3, -0.25) is 0 Å². The van der Waals surface area contributed by atoms with Crippen LogP contribution in [0.4, 0.5) is 0 Å². The number of benzene rings is 2. The van der Waals surface area contributed by atoms with Crippen LogP contribution in [0.15, 0.2) is 47.4 Å². The molecular weight excluding hydrogens is 390 g/mol. The molecule has 0 amide bonds. The highest BCUT2D eigenvalue weighted by atomic mass is 32.2. The van der Waals surface area contributed by atoms with Crippen LogP contribution in [0.2, 0.25) is 0 Å². The third-order valence-electron chi connectivity index (χ3n) is 4.90. The second-order valence-corrected chi connectivity index (χ2v) is 8.64. The first-order valence-corrected chi connectivity index (χ1v) is 11.6. The van der Waals surface area contributed by atoms with Crippen molar-refractivity contribution in [1.29, 1.82) is 0 Å². The standard InChI is InChI=1S/C22H29NO5S/c1-4-26-18-11-9-17(10-12-18)20-8-7-15-23(20)29(24,25)19-13-14-21(27-5-2)22(16-19)28-6-3/h9-14,16,20H,4-8,15H2,1-3H3. The number of nitrogens with zero attached hydrogens (tertiary/aromatic N) is 1. The van der Waals surface area contributed by atoms with Gasteiger partial charge in [-0.15, -0.1) is 0 Å². The summed E-state index contributed by atoms with van der Waals surface area (Å²) in [6.07, 6.45) is 1.62. The summed E-state index contributed by atoms with van der Waals surface area (Å²) in [7, 11) is -3.66. The Hall–Kier alpha value is -2.25. The Morgan fingerprint density at radius 3 is 2.21 bits per heavy atom. The van der Waals surface area contributed by atoms with Crippen molar-refractivity contribution in [2.75, 3.05) is 26.4 Å². The van der Waals surface area contributed by atoms with E-state index in [1.165, 1.54) is 0 Å². The fourth-order valence-corrected chi connectivity index (χ4v) is 5.34. The molecule has 7 heteroatoms. The lowest BCUT2D eigenvalue weighted by atomic mass is 10.1. The molecule has 2 aromatic carbocycles. The maximum atomic E-state index is 13.4. The second kappa shape index (κ2) is 9.50. The van der Waals surface area contributed by atoms with Crippen molar-refractivity contribution in [1.82, 2.24) is 4.31 Å². The molecule has 1 saturated heterocycles. The zero-order valence-electron chi connectivity index (χ0n) is 17.3. The number of hydrogen-bond acceptors (Lipinski definition) is 5. The minimum atomic E-state index is -3.66. The minimum absolute atomic E-state index is 0.183. The molecule has 6 nitrogen and oxygen atoms in total. The molecule has 29 heavy (non-hydrogen) atoms. The smallest absolute Gasteiger partial charge is 0.243 e. The van der Waals surface area contributed by atoms with Crippen molar-refractivity contribution < 1.29 is 22.6 Å². The molecule has 0 spiro atoms. The summed E-state index contributed by atoms with van der Waals surface area (Å²) in [4.78, 5) is 0.224. The van der Waals surface area contributed by atoms with Crippen LogP contribution < -0.4 is 14.2 Å². The Morgan fingerprint density at radius 2 is 1.55 bits per heavy atom. The number of hydrogen-bond donors (Lipinski definition) is 0. The summed E-state index contributed by atoms with van der Waals surface area (Å²) in [5.74, 6) is 1.79. The van der Waals surface area contributed by atoms with Crippen LogP contribution in [-0.2, 0) is 10.0 Å². The van der Waals surface area contributed by atoms with E-state index in [4.69, 9.17) is 14.2 Å². The molecule has 2 aromatic rings. The van der Waals surface area contributed by atoms with Crippen LogP contribution in [0.1, 0.15) is 45.2 Å². The van der Waals surface area contributed by atoms with E-state index in [1.807, 2.05) is 45.0 Å². The first-order chi connectivity index (χ1) is 14.0. The van der Waals surface area contributed by atoms with E-state index in [0.29, 0.717) is 37.9 Å². The average molecular weight is 420 g/mol. The summed E-state index contributed by atoms with van der Waals surface area (Å²) in [6, 6.07) is 12.3. The molecule has 0 aromatic heterocycles. The molecule has 1 aliphatic rings. The highest BCUT2D eigenvalue weighted by Gasteiger charge is 2.36. The molecule has 1 atom stereocenters. The van der Waals surface area contributed by atoms with Gasteiger partial charge in [0, 0.05) is 12.6 Å². The van der Waals surface area contributed by atoms with Crippen molar-refractivity contribution in [3.05, 3.63) is 48.0 Å². The molecule has 0 aliphatic carbocycles. The lowest BCUT2D eigenvalue weighted by Gasteiger charge is -2.25. The van der Waals surface area contributed by atoms with E-state index in [0.717, 1.165) is 24.2 Å². The topological polar surface area (TPSA) is 65.1 Å². The van der Waals surface area contributed by atoms with Gasteiger partial charge in [0.05, 0.1) is 30.8 Å². The van der Waals surface area contributed by atoms with Crippen molar-refractivity contribution >= 4 is 10.0 Å². The van der Waals surface area contributed by atoms with Gasteiger partial charge in [-0.1, -0.05) is 12.1 Å². The van der Waals surface area contributed by atoms with E-state index in [1.54, 1.807) is 22.5 Å². The summed E-state index contributed by atoms with van der Waals surface area (Å²) in [6.45, 7) is 7.69. The summed E-state index contributed by atoms with van der Waals surface area (Å²) in [5, 5.41) is 0. The molecule has 0 N–H and O–H groups in total. The van der Waals surface area contributed by atoms with Crippen molar-refractivity contribution in [3.63, 3.8) is 0 Å². The summed E-state index contributed by atoms with van der Waals surface area (Å²) >= 11 is 0. The van der Waals surface area contributed by atoms with Crippen LogP contribution in [0.25, 0.3) is 0 Å². The zero-order chi connectivity index (χ0) is 20.9. The molecule has 1 fully saturated rings. The van der Waals surface area contributed by atoms with Gasteiger partial charge in [0.2, 0.25) is 10.0 Å².